The van der Waals surface area contributed by atoms with Gasteiger partial charge in [-0.15, -0.1) is 0 Å². The van der Waals surface area contributed by atoms with Crippen LogP contribution < -0.4 is 0 Å². The quantitative estimate of drug-likeness (QED) is 0.355. The van der Waals surface area contributed by atoms with E-state index in [0.717, 1.165) is 0 Å². The van der Waals surface area contributed by atoms with E-state index in [2.05, 4.69) is 0 Å². The maximum absolute atomic E-state index is 11.2. The van der Waals surface area contributed by atoms with E-state index in [1.165, 1.54) is 0 Å². The molecule has 0 spiro atoms. The van der Waals surface area contributed by atoms with Crippen LogP contribution in [0.15, 0.2) is 30.3 Å². The predicted octanol–water partition coefficient (Wildman–Crippen LogP) is 3.81. The first-order valence-electron chi connectivity index (χ1n) is 3.40. The largest absolute Gasteiger partial charge is 1.00 e. The van der Waals surface area contributed by atoms with Crippen LogP contribution in [-0.2, 0) is 40.8 Å². The Morgan fingerprint density at radius 1 is 0.882 bits per heavy atom. The second-order valence-corrected chi connectivity index (χ2v) is 7.91. The van der Waals surface area contributed by atoms with Gasteiger partial charge in [0.2, 0.25) is 0 Å². The van der Waals surface area contributed by atoms with Gasteiger partial charge in [-0.25, -0.2) is 0 Å². The summed E-state index contributed by atoms with van der Waals surface area (Å²) in [6.07, 6.45) is 0. The molecule has 1 aromatic rings. The molecule has 0 heterocycles. The molecule has 0 atom stereocenters. The van der Waals surface area contributed by atoms with Crippen molar-refractivity contribution in [1.82, 2.24) is 0 Å². The van der Waals surface area contributed by atoms with Crippen LogP contribution in [0.1, 0.15) is 6.99 Å². The van der Waals surface area contributed by atoms with Gasteiger partial charge < -0.3 is 0 Å². The monoisotopic (exact) mass is 551 g/mol. The minimum Gasteiger partial charge on any atom is 0 e. The smallest absolute Gasteiger partial charge is 0 e. The molecule has 0 amide bonds. The van der Waals surface area contributed by atoms with Gasteiger partial charge in [-0.3, -0.25) is 0 Å². The van der Waals surface area contributed by atoms with Gasteiger partial charge in [0.1, 0.15) is 0 Å². The molecular weight excluding hydrogens is 547 g/mol. The Morgan fingerprint density at radius 3 is 1.35 bits per heavy atom. The van der Waals surface area contributed by atoms with Gasteiger partial charge in [-0.1, -0.05) is 18.2 Å². The molecule has 0 bridgehead atoms. The molecule has 1 aromatic carbocycles. The summed E-state index contributed by atoms with van der Waals surface area (Å²) < 4.78 is 59.6. The third-order valence-corrected chi connectivity index (χ3v) is 0.903. The topological polar surface area (TPSA) is 23.8 Å². The first kappa shape index (κ1) is 22.6. The Morgan fingerprint density at radius 2 is 1.18 bits per heavy atom. The average molecular weight is 553 g/mol. The van der Waals surface area contributed by atoms with Crippen LogP contribution in [0.5, 0.6) is 0 Å². The molecule has 106 valence electrons. The van der Waals surface area contributed by atoms with Crippen LogP contribution in [0.2, 0.25) is 0 Å². The van der Waals surface area contributed by atoms with E-state index in [1.807, 2.05) is 24.3 Å². The SMILES string of the molecule is N#Cc1ccccc1.[F][Sb-]([F])([F])([F])([F])[F].[H+].[Pd].[Pd]. The fourth-order valence-corrected chi connectivity index (χ4v) is 0.513. The maximum Gasteiger partial charge on any atom is 1.00 e. The number of nitrogens with zero attached hydrogens (tertiary/aromatic N) is 1. The van der Waals surface area contributed by atoms with Crippen molar-refractivity contribution < 1.29 is 59.2 Å². The number of nitriles is 1. The van der Waals surface area contributed by atoms with Gasteiger partial charge in [0.25, 0.3) is 0 Å². The first-order valence-corrected chi connectivity index (χ1v) is 9.19. The van der Waals surface area contributed by atoms with Gasteiger partial charge in [0.15, 0.2) is 0 Å². The minimum atomic E-state index is -11.2. The predicted molar refractivity (Wildman–Crippen MR) is 44.7 cm³/mol. The van der Waals surface area contributed by atoms with Crippen molar-refractivity contribution in [3.8, 4) is 6.07 Å². The van der Waals surface area contributed by atoms with Gasteiger partial charge in [0.05, 0.1) is 11.6 Å². The number of rotatable bonds is 0. The van der Waals surface area contributed by atoms with Gasteiger partial charge >= 0.3 is 37.8 Å². The Labute approximate surface area is 125 Å². The molecular formula is C7H6F6NPd2Sb. The second kappa shape index (κ2) is 6.56. The van der Waals surface area contributed by atoms with Crippen molar-refractivity contribution >= 4 is 19.5 Å². The summed E-state index contributed by atoms with van der Waals surface area (Å²) >= 11 is -11.2. The normalized spacial score (nSPS) is 13.2. The maximum atomic E-state index is 9.93. The zero-order valence-electron chi connectivity index (χ0n) is 8.68. The van der Waals surface area contributed by atoms with Crippen LogP contribution >= 0.6 is 0 Å². The van der Waals surface area contributed by atoms with E-state index in [-0.39, 0.29) is 42.3 Å². The van der Waals surface area contributed by atoms with Crippen LogP contribution in [0.25, 0.3) is 0 Å². The second-order valence-electron chi connectivity index (χ2n) is 2.44. The summed E-state index contributed by atoms with van der Waals surface area (Å²) in [6.45, 7) is 0. The minimum absolute atomic E-state index is 0. The molecule has 0 aliphatic heterocycles. The van der Waals surface area contributed by atoms with Crippen molar-refractivity contribution in [3.05, 3.63) is 35.9 Å². The molecule has 1 rings (SSSR count). The van der Waals surface area contributed by atoms with Crippen LogP contribution in [0, 0.1) is 11.3 Å². The molecule has 1 nitrogen and oxygen atoms in total. The molecule has 0 saturated heterocycles. The summed E-state index contributed by atoms with van der Waals surface area (Å²) in [5.41, 5.74) is 0.715. The molecule has 0 unspecified atom stereocenters. The summed E-state index contributed by atoms with van der Waals surface area (Å²) in [6, 6.07) is 11.2. The molecule has 10 heteroatoms. The summed E-state index contributed by atoms with van der Waals surface area (Å²) in [4.78, 5) is 0. The molecule has 0 aromatic heterocycles. The fraction of sp³-hybridized carbons (Fsp3) is 0. The average Bonchev–Trinajstić information content (AvgIpc) is 2.00. The molecule has 0 aliphatic rings. The molecule has 0 saturated carbocycles. The van der Waals surface area contributed by atoms with Gasteiger partial charge in [0, 0.05) is 40.8 Å². The number of hydrogen-bond donors (Lipinski definition) is 0. The van der Waals surface area contributed by atoms with E-state index in [0.29, 0.717) is 5.56 Å². The summed E-state index contributed by atoms with van der Waals surface area (Å²) in [7, 11) is 0. The molecule has 0 radical (unpaired) electrons. The van der Waals surface area contributed by atoms with Crippen LogP contribution in [0.4, 0.5) is 16.9 Å². The number of benzene rings is 1. The van der Waals surface area contributed by atoms with E-state index in [1.54, 1.807) is 12.1 Å². The molecule has 0 aliphatic carbocycles. The van der Waals surface area contributed by atoms with Gasteiger partial charge in [-0.05, 0) is 12.1 Å². The Bertz CT molecular complexity index is 364. The summed E-state index contributed by atoms with van der Waals surface area (Å²) in [5, 5.41) is 8.29. The Hall–Kier alpha value is 0.433. The molecule has 17 heavy (non-hydrogen) atoms. The van der Waals surface area contributed by atoms with E-state index < -0.39 is 19.5 Å². The zero-order valence-corrected chi connectivity index (χ0v) is 13.3. The Kier molecular flexibility index (Phi) is 8.72. The van der Waals surface area contributed by atoms with Crippen molar-refractivity contribution in [2.45, 2.75) is 0 Å². The standard InChI is InChI=1S/C7H5N.6FH.2Pd.Sb/c8-6-7-4-2-1-3-5-7;;;;;;;;;/h1-5H;6*1H;;;/q;;;;;;;;;+5/p-5. The van der Waals surface area contributed by atoms with Crippen LogP contribution in [-0.4, -0.2) is 19.5 Å². The van der Waals surface area contributed by atoms with Crippen LogP contribution in [0.3, 0.4) is 0 Å². The van der Waals surface area contributed by atoms with Crippen molar-refractivity contribution in [2.24, 2.45) is 0 Å². The molecule has 0 N–H and O–H groups in total. The van der Waals surface area contributed by atoms with Crippen molar-refractivity contribution in [1.29, 1.82) is 5.26 Å². The zero-order chi connectivity index (χ0) is 12.2. The first-order chi connectivity index (χ1) is 6.38. The number of hydrogen-bond acceptors (Lipinski definition) is 1. The fourth-order valence-electron chi connectivity index (χ4n) is 0.513. The third kappa shape index (κ3) is 31.4. The molecule has 0 fully saturated rings. The van der Waals surface area contributed by atoms with E-state index in [4.69, 9.17) is 5.26 Å². The van der Waals surface area contributed by atoms with E-state index in [9.17, 15) is 16.9 Å². The van der Waals surface area contributed by atoms with Crippen molar-refractivity contribution in [2.75, 3.05) is 0 Å². The third-order valence-electron chi connectivity index (χ3n) is 0.903. The van der Waals surface area contributed by atoms with Crippen molar-refractivity contribution in [3.63, 3.8) is 0 Å². The summed E-state index contributed by atoms with van der Waals surface area (Å²) in [5.74, 6) is 0. The van der Waals surface area contributed by atoms with E-state index >= 15 is 0 Å². The van der Waals surface area contributed by atoms with Gasteiger partial charge in [-0.2, -0.15) is 5.26 Å². The Balaban J connectivity index is -0.0000000942. The number of halogens is 6.